The number of likely N-dealkylation sites (N-methyl/N-ethyl adjacent to an activating group) is 1. The summed E-state index contributed by atoms with van der Waals surface area (Å²) in [6.07, 6.45) is 13.5. The van der Waals surface area contributed by atoms with Gasteiger partial charge in [0.05, 0.1) is 5.52 Å². The van der Waals surface area contributed by atoms with E-state index in [-0.39, 0.29) is 5.82 Å². The van der Waals surface area contributed by atoms with E-state index in [1.165, 1.54) is 36.4 Å². The van der Waals surface area contributed by atoms with Gasteiger partial charge in [-0.1, -0.05) is 81.3 Å². The third-order valence-corrected chi connectivity index (χ3v) is 6.42. The number of fused-ring (bicyclic) bond motifs is 1. The van der Waals surface area contributed by atoms with Gasteiger partial charge in [-0.05, 0) is 80.2 Å². The first-order valence-electron chi connectivity index (χ1n) is 13.2. The van der Waals surface area contributed by atoms with Crippen molar-refractivity contribution >= 4 is 10.9 Å². The maximum absolute atomic E-state index is 12.6. The predicted molar refractivity (Wildman–Crippen MR) is 163 cm³/mol. The summed E-state index contributed by atoms with van der Waals surface area (Å²) in [5.74, 6) is -0.0972. The van der Waals surface area contributed by atoms with E-state index in [2.05, 4.69) is 66.8 Å². The number of nitrogens with zero attached hydrogens (tertiary/aromatic N) is 2. The maximum Gasteiger partial charge on any atom is 0.126 e. The van der Waals surface area contributed by atoms with E-state index < -0.39 is 0 Å². The first-order valence-corrected chi connectivity index (χ1v) is 13.2. The molecule has 1 aliphatic rings. The first kappa shape index (κ1) is 30.5. The van der Waals surface area contributed by atoms with Crippen LogP contribution in [0.15, 0.2) is 123 Å². The summed E-state index contributed by atoms with van der Waals surface area (Å²) >= 11 is 0. The number of halogens is 1. The monoisotopic (exact) mass is 511 g/mol. The van der Waals surface area contributed by atoms with Crippen LogP contribution >= 0.6 is 0 Å². The minimum absolute atomic E-state index is 0.0972. The van der Waals surface area contributed by atoms with Crippen LogP contribution in [0, 0.1) is 5.82 Å². The van der Waals surface area contributed by atoms with Gasteiger partial charge in [0, 0.05) is 29.9 Å². The zero-order valence-electron chi connectivity index (χ0n) is 23.0. The number of allylic oxidation sites excluding steroid dienone is 3. The van der Waals surface area contributed by atoms with Gasteiger partial charge in [-0.2, -0.15) is 0 Å². The highest BCUT2D eigenvalue weighted by Crippen LogP contribution is 2.19. The van der Waals surface area contributed by atoms with Crippen LogP contribution in [-0.4, -0.2) is 36.1 Å². The van der Waals surface area contributed by atoms with Crippen LogP contribution in [0.1, 0.15) is 30.9 Å². The molecule has 2 aromatic carbocycles. The number of rotatable bonds is 9. The highest BCUT2D eigenvalue weighted by atomic mass is 19.1. The lowest BCUT2D eigenvalue weighted by Gasteiger charge is -2.23. The van der Waals surface area contributed by atoms with E-state index in [4.69, 9.17) is 0 Å². The minimum atomic E-state index is -0.0972. The average molecular weight is 512 g/mol. The lowest BCUT2D eigenvalue weighted by Crippen LogP contribution is -2.33. The molecule has 1 fully saturated rings. The Morgan fingerprint density at radius 3 is 2.53 bits per heavy atom. The molecule has 0 spiro atoms. The predicted octanol–water partition coefficient (Wildman–Crippen LogP) is 7.83. The molecule has 200 valence electrons. The van der Waals surface area contributed by atoms with Crippen molar-refractivity contribution in [3.05, 3.63) is 140 Å². The largest absolute Gasteiger partial charge is 0.383 e. The highest BCUT2D eigenvalue weighted by molar-refractivity contribution is 5.78. The van der Waals surface area contributed by atoms with Gasteiger partial charge in [0.25, 0.3) is 0 Å². The molecule has 4 rings (SSSR count). The Balaban J connectivity index is 0.000000208. The van der Waals surface area contributed by atoms with E-state index >= 15 is 0 Å². The Morgan fingerprint density at radius 2 is 1.92 bits per heavy atom. The third kappa shape index (κ3) is 9.95. The normalized spacial score (nSPS) is 14.9. The van der Waals surface area contributed by atoms with Gasteiger partial charge in [0.15, 0.2) is 0 Å². The fourth-order valence-corrected chi connectivity index (χ4v) is 4.24. The summed E-state index contributed by atoms with van der Waals surface area (Å²) < 4.78 is 12.6. The Hall–Kier alpha value is -3.76. The summed E-state index contributed by atoms with van der Waals surface area (Å²) in [4.78, 5) is 6.60. The van der Waals surface area contributed by atoms with Crippen molar-refractivity contribution in [1.82, 2.24) is 15.2 Å². The number of hydrogen-bond acceptors (Lipinski definition) is 3. The molecule has 1 aromatic heterocycles. The summed E-state index contributed by atoms with van der Waals surface area (Å²) in [6.45, 7) is 19.2. The Kier molecular flexibility index (Phi) is 13.5. The summed E-state index contributed by atoms with van der Waals surface area (Å²) in [5, 5.41) is 4.56. The molecule has 38 heavy (non-hydrogen) atoms. The van der Waals surface area contributed by atoms with Crippen molar-refractivity contribution in [3.63, 3.8) is 0 Å². The second-order valence-corrected chi connectivity index (χ2v) is 9.17. The van der Waals surface area contributed by atoms with Gasteiger partial charge in [0.1, 0.15) is 5.82 Å². The molecule has 0 amide bonds. The summed E-state index contributed by atoms with van der Waals surface area (Å²) in [5.41, 5.74) is 5.37. The fraction of sp³-hybridized carbons (Fsp3) is 0.265. The number of aromatic nitrogens is 1. The Bertz CT molecular complexity index is 1230. The van der Waals surface area contributed by atoms with Crippen LogP contribution in [0.5, 0.6) is 0 Å². The Labute approximate surface area is 228 Å². The summed E-state index contributed by atoms with van der Waals surface area (Å²) in [6, 6.07) is 17.7. The molecule has 3 aromatic rings. The molecule has 0 bridgehead atoms. The molecule has 1 unspecified atom stereocenters. The molecule has 1 saturated heterocycles. The smallest absolute Gasteiger partial charge is 0.126 e. The molecule has 0 radical (unpaired) electrons. The van der Waals surface area contributed by atoms with Crippen LogP contribution in [0.4, 0.5) is 4.39 Å². The highest BCUT2D eigenvalue weighted by Gasteiger charge is 2.23. The molecule has 0 aliphatic carbocycles. The lowest BCUT2D eigenvalue weighted by atomic mass is 10.1. The number of pyridine rings is 1. The van der Waals surface area contributed by atoms with E-state index in [0.717, 1.165) is 41.7 Å². The zero-order chi connectivity index (χ0) is 27.8. The van der Waals surface area contributed by atoms with Gasteiger partial charge < -0.3 is 5.32 Å². The van der Waals surface area contributed by atoms with Gasteiger partial charge in [-0.25, -0.2) is 4.39 Å². The van der Waals surface area contributed by atoms with E-state index in [1.54, 1.807) is 18.2 Å². The number of nitrogens with one attached hydrogen (secondary N) is 1. The molecular formula is C34H42FN3. The third-order valence-electron chi connectivity index (χ3n) is 6.42. The quantitative estimate of drug-likeness (QED) is 0.234. The second-order valence-electron chi connectivity index (χ2n) is 9.17. The SMILES string of the molecule is C=C/C=C(\C=C)CNC(=C)C1CCCN1C.C=CCc1ccc2ncccc2c1.CCc1ccccc1F. The summed E-state index contributed by atoms with van der Waals surface area (Å²) in [7, 11) is 2.15. The molecular weight excluding hydrogens is 469 g/mol. The molecule has 1 atom stereocenters. The maximum atomic E-state index is 12.6. The van der Waals surface area contributed by atoms with Crippen molar-refractivity contribution in [1.29, 1.82) is 0 Å². The van der Waals surface area contributed by atoms with Crippen LogP contribution in [0.3, 0.4) is 0 Å². The fourth-order valence-electron chi connectivity index (χ4n) is 4.24. The van der Waals surface area contributed by atoms with Crippen molar-refractivity contribution in [2.24, 2.45) is 0 Å². The van der Waals surface area contributed by atoms with Gasteiger partial charge in [0.2, 0.25) is 0 Å². The van der Waals surface area contributed by atoms with Crippen LogP contribution in [0.25, 0.3) is 10.9 Å². The van der Waals surface area contributed by atoms with Gasteiger partial charge >= 0.3 is 0 Å². The van der Waals surface area contributed by atoms with Crippen LogP contribution in [-0.2, 0) is 12.8 Å². The van der Waals surface area contributed by atoms with E-state index in [1.807, 2.05) is 49.5 Å². The number of hydrogen-bond donors (Lipinski definition) is 1. The lowest BCUT2D eigenvalue weighted by molar-refractivity contribution is 0.335. The van der Waals surface area contributed by atoms with Crippen molar-refractivity contribution in [2.45, 2.75) is 38.6 Å². The molecule has 0 saturated carbocycles. The molecule has 2 heterocycles. The standard InChI is InChI=1S/C14H22N2.C12H11N.C8H9F/c1-5-8-13(6-2)11-15-12(3)14-9-7-10-16(14)4;1-2-4-10-6-7-12-11(9-10)5-3-8-13-12;1-2-7-5-3-4-6-8(7)9/h5-6,8,14-15H,1-3,7,9-11H2,4H3;2-3,5-9H,1,4H2;3-6H,2H2,1H3/b13-8+;;. The van der Waals surface area contributed by atoms with E-state index in [0.29, 0.717) is 6.04 Å². The molecule has 1 aliphatic heterocycles. The molecule has 1 N–H and O–H groups in total. The number of likely N-dealkylation sites (tertiary alicyclic amines) is 1. The van der Waals surface area contributed by atoms with Crippen molar-refractivity contribution in [3.8, 4) is 0 Å². The Morgan fingerprint density at radius 1 is 1.13 bits per heavy atom. The number of aryl methyl sites for hydroxylation is 1. The number of benzene rings is 2. The van der Waals surface area contributed by atoms with Crippen molar-refractivity contribution in [2.75, 3.05) is 20.1 Å². The van der Waals surface area contributed by atoms with Crippen molar-refractivity contribution < 1.29 is 4.39 Å². The van der Waals surface area contributed by atoms with Gasteiger partial charge in [-0.15, -0.1) is 6.58 Å². The van der Waals surface area contributed by atoms with Gasteiger partial charge in [-0.3, -0.25) is 9.88 Å². The van der Waals surface area contributed by atoms with Crippen LogP contribution < -0.4 is 5.32 Å². The molecule has 3 nitrogen and oxygen atoms in total. The average Bonchev–Trinajstić information content (AvgIpc) is 3.38. The zero-order valence-corrected chi connectivity index (χ0v) is 23.0. The topological polar surface area (TPSA) is 28.2 Å². The first-order chi connectivity index (χ1) is 18.4. The second kappa shape index (κ2) is 16.9. The van der Waals surface area contributed by atoms with E-state index in [9.17, 15) is 4.39 Å². The minimum Gasteiger partial charge on any atom is -0.383 e. The van der Waals surface area contributed by atoms with Crippen LogP contribution in [0.2, 0.25) is 0 Å². The molecule has 4 heteroatoms.